The van der Waals surface area contributed by atoms with E-state index in [1.165, 1.54) is 6.42 Å². The molecule has 0 unspecified atom stereocenters. The summed E-state index contributed by atoms with van der Waals surface area (Å²) in [5.41, 5.74) is 0.263. The normalized spacial score (nSPS) is 18.9. The van der Waals surface area contributed by atoms with E-state index < -0.39 is 5.97 Å². The van der Waals surface area contributed by atoms with E-state index in [-0.39, 0.29) is 17.5 Å². The van der Waals surface area contributed by atoms with Crippen molar-refractivity contribution in [2.75, 3.05) is 36.4 Å². The number of pyridine rings is 1. The van der Waals surface area contributed by atoms with Gasteiger partial charge in [-0.25, -0.2) is 9.78 Å². The second kappa shape index (κ2) is 7.72. The maximum absolute atomic E-state index is 11.5. The predicted molar refractivity (Wildman–Crippen MR) is 96.2 cm³/mol. The number of rotatable bonds is 4. The summed E-state index contributed by atoms with van der Waals surface area (Å²) in [6, 6.07) is 3.48. The molecule has 1 aromatic rings. The topological polar surface area (TPSA) is 85.8 Å². The standard InChI is InChI=1S/C18H26N4O3/c1-13(23)21-9-5-15(6-10-21)19-16-11-14(18(24)25)12-17(20-16)22-7-3-2-4-8-22/h11-12,15H,2-10H2,1H3,(H,19,20)(H,24,25). The number of piperidine rings is 2. The largest absolute Gasteiger partial charge is 0.478 e. The van der Waals surface area contributed by atoms with E-state index in [9.17, 15) is 14.7 Å². The van der Waals surface area contributed by atoms with Crippen LogP contribution in [0.1, 0.15) is 49.4 Å². The number of aromatic nitrogens is 1. The lowest BCUT2D eigenvalue weighted by Crippen LogP contribution is -2.41. The zero-order chi connectivity index (χ0) is 17.8. The number of aromatic carboxylic acids is 1. The lowest BCUT2D eigenvalue weighted by Gasteiger charge is -2.32. The molecule has 7 heteroatoms. The summed E-state index contributed by atoms with van der Waals surface area (Å²) < 4.78 is 0. The van der Waals surface area contributed by atoms with E-state index in [4.69, 9.17) is 0 Å². The third kappa shape index (κ3) is 4.41. The molecule has 25 heavy (non-hydrogen) atoms. The van der Waals surface area contributed by atoms with Crippen molar-refractivity contribution < 1.29 is 14.7 Å². The Kier molecular flexibility index (Phi) is 5.40. The highest BCUT2D eigenvalue weighted by Gasteiger charge is 2.22. The lowest BCUT2D eigenvalue weighted by atomic mass is 10.0. The lowest BCUT2D eigenvalue weighted by molar-refractivity contribution is -0.129. The third-order valence-electron chi connectivity index (χ3n) is 5.03. The molecule has 7 nitrogen and oxygen atoms in total. The number of nitrogens with zero attached hydrogens (tertiary/aromatic N) is 3. The van der Waals surface area contributed by atoms with E-state index in [1.807, 2.05) is 4.90 Å². The Morgan fingerprint density at radius 1 is 1.12 bits per heavy atom. The molecular weight excluding hydrogens is 320 g/mol. The van der Waals surface area contributed by atoms with Crippen LogP contribution in [0.15, 0.2) is 12.1 Å². The average Bonchev–Trinajstić information content (AvgIpc) is 2.62. The fourth-order valence-electron chi connectivity index (χ4n) is 3.55. The summed E-state index contributed by atoms with van der Waals surface area (Å²) in [6.07, 6.45) is 5.14. The summed E-state index contributed by atoms with van der Waals surface area (Å²) in [5, 5.41) is 12.8. The van der Waals surface area contributed by atoms with Crippen LogP contribution in [-0.2, 0) is 4.79 Å². The number of carbonyl (C=O) groups is 2. The maximum atomic E-state index is 11.5. The molecule has 0 aromatic carbocycles. The molecule has 136 valence electrons. The van der Waals surface area contributed by atoms with Crippen LogP contribution >= 0.6 is 0 Å². The van der Waals surface area contributed by atoms with Gasteiger partial charge >= 0.3 is 5.97 Å². The number of amides is 1. The second-order valence-corrected chi connectivity index (χ2v) is 6.88. The van der Waals surface area contributed by atoms with Crippen LogP contribution in [0, 0.1) is 0 Å². The first kappa shape index (κ1) is 17.5. The Balaban J connectivity index is 1.73. The fourth-order valence-corrected chi connectivity index (χ4v) is 3.55. The molecule has 0 saturated carbocycles. The molecule has 0 spiro atoms. The molecule has 2 saturated heterocycles. The molecular formula is C18H26N4O3. The maximum Gasteiger partial charge on any atom is 0.335 e. The van der Waals surface area contributed by atoms with Gasteiger partial charge in [-0.2, -0.15) is 0 Å². The van der Waals surface area contributed by atoms with Gasteiger partial charge < -0.3 is 20.2 Å². The number of carboxylic acids is 1. The monoisotopic (exact) mass is 346 g/mol. The zero-order valence-electron chi connectivity index (χ0n) is 14.7. The van der Waals surface area contributed by atoms with E-state index in [2.05, 4.69) is 15.2 Å². The summed E-state index contributed by atoms with van der Waals surface area (Å²) in [7, 11) is 0. The van der Waals surface area contributed by atoms with Crippen LogP contribution in [-0.4, -0.2) is 59.1 Å². The number of nitrogens with one attached hydrogen (secondary N) is 1. The third-order valence-corrected chi connectivity index (χ3v) is 5.03. The van der Waals surface area contributed by atoms with E-state index >= 15 is 0 Å². The molecule has 3 rings (SSSR count). The van der Waals surface area contributed by atoms with Gasteiger partial charge in [0.25, 0.3) is 0 Å². The van der Waals surface area contributed by atoms with Crippen molar-refractivity contribution >= 4 is 23.5 Å². The number of carboxylic acid groups (broad SMARTS) is 1. The molecule has 2 aliphatic rings. The van der Waals surface area contributed by atoms with Gasteiger partial charge in [0.1, 0.15) is 11.6 Å². The highest BCUT2D eigenvalue weighted by Crippen LogP contribution is 2.23. The summed E-state index contributed by atoms with van der Waals surface area (Å²) in [5.74, 6) is 0.525. The van der Waals surface area contributed by atoms with Crippen molar-refractivity contribution in [2.45, 2.75) is 45.1 Å². The molecule has 1 amide bonds. The van der Waals surface area contributed by atoms with Crippen molar-refractivity contribution in [2.24, 2.45) is 0 Å². The van der Waals surface area contributed by atoms with Gasteiger partial charge in [-0.3, -0.25) is 4.79 Å². The van der Waals surface area contributed by atoms with Crippen LogP contribution < -0.4 is 10.2 Å². The number of likely N-dealkylation sites (tertiary alicyclic amines) is 1. The van der Waals surface area contributed by atoms with Gasteiger partial charge in [-0.1, -0.05) is 0 Å². The molecule has 2 fully saturated rings. The summed E-state index contributed by atoms with van der Waals surface area (Å²) in [6.45, 7) is 4.89. The van der Waals surface area contributed by atoms with Gasteiger partial charge in [-0.05, 0) is 44.2 Å². The molecule has 0 aliphatic carbocycles. The van der Waals surface area contributed by atoms with Crippen molar-refractivity contribution in [3.05, 3.63) is 17.7 Å². The minimum atomic E-state index is -0.935. The molecule has 0 atom stereocenters. The van der Waals surface area contributed by atoms with Crippen LogP contribution in [0.25, 0.3) is 0 Å². The van der Waals surface area contributed by atoms with E-state index in [0.29, 0.717) is 5.82 Å². The van der Waals surface area contributed by atoms with Crippen molar-refractivity contribution in [3.8, 4) is 0 Å². The molecule has 2 aliphatic heterocycles. The number of hydrogen-bond acceptors (Lipinski definition) is 5. The Hall–Kier alpha value is -2.31. The molecule has 0 bridgehead atoms. The van der Waals surface area contributed by atoms with Gasteiger partial charge in [0.05, 0.1) is 5.56 Å². The van der Waals surface area contributed by atoms with Crippen LogP contribution in [0.5, 0.6) is 0 Å². The molecule has 0 radical (unpaired) electrons. The van der Waals surface area contributed by atoms with Gasteiger partial charge in [0.2, 0.25) is 5.91 Å². The highest BCUT2D eigenvalue weighted by molar-refractivity contribution is 5.89. The summed E-state index contributed by atoms with van der Waals surface area (Å²) >= 11 is 0. The minimum Gasteiger partial charge on any atom is -0.478 e. The minimum absolute atomic E-state index is 0.108. The van der Waals surface area contributed by atoms with Crippen LogP contribution in [0.2, 0.25) is 0 Å². The highest BCUT2D eigenvalue weighted by atomic mass is 16.4. The quantitative estimate of drug-likeness (QED) is 0.869. The van der Waals surface area contributed by atoms with Crippen LogP contribution in [0.4, 0.5) is 11.6 Å². The van der Waals surface area contributed by atoms with Crippen molar-refractivity contribution in [1.82, 2.24) is 9.88 Å². The Morgan fingerprint density at radius 3 is 2.40 bits per heavy atom. The summed E-state index contributed by atoms with van der Waals surface area (Å²) in [4.78, 5) is 31.6. The Bertz CT molecular complexity index is 635. The van der Waals surface area contributed by atoms with Gasteiger partial charge in [-0.15, -0.1) is 0 Å². The first-order valence-electron chi connectivity index (χ1n) is 9.05. The van der Waals surface area contributed by atoms with Crippen molar-refractivity contribution in [1.29, 1.82) is 0 Å². The number of hydrogen-bond donors (Lipinski definition) is 2. The Labute approximate surface area is 148 Å². The second-order valence-electron chi connectivity index (χ2n) is 6.88. The Morgan fingerprint density at radius 2 is 1.80 bits per heavy atom. The van der Waals surface area contributed by atoms with Crippen LogP contribution in [0.3, 0.4) is 0 Å². The average molecular weight is 346 g/mol. The SMILES string of the molecule is CC(=O)N1CCC(Nc2cc(C(=O)O)cc(N3CCCCC3)n2)CC1. The fraction of sp³-hybridized carbons (Fsp3) is 0.611. The van der Waals surface area contributed by atoms with Gasteiger partial charge in [0, 0.05) is 39.1 Å². The predicted octanol–water partition coefficient (Wildman–Crippen LogP) is 2.19. The van der Waals surface area contributed by atoms with E-state index in [1.54, 1.807) is 19.1 Å². The van der Waals surface area contributed by atoms with Crippen molar-refractivity contribution in [3.63, 3.8) is 0 Å². The first-order chi connectivity index (χ1) is 12.0. The first-order valence-corrected chi connectivity index (χ1v) is 9.05. The molecule has 1 aromatic heterocycles. The number of anilines is 2. The zero-order valence-corrected chi connectivity index (χ0v) is 14.7. The smallest absolute Gasteiger partial charge is 0.335 e. The number of carbonyl (C=O) groups excluding carboxylic acids is 1. The van der Waals surface area contributed by atoms with Gasteiger partial charge in [0.15, 0.2) is 0 Å². The molecule has 3 heterocycles. The van der Waals surface area contributed by atoms with E-state index in [0.717, 1.165) is 57.7 Å². The molecule has 2 N–H and O–H groups in total.